The van der Waals surface area contributed by atoms with E-state index in [9.17, 15) is 0 Å². The summed E-state index contributed by atoms with van der Waals surface area (Å²) in [5.41, 5.74) is 2.50. The highest BCUT2D eigenvalue weighted by Gasteiger charge is 2.18. The van der Waals surface area contributed by atoms with Crippen LogP contribution in [0.2, 0.25) is 5.28 Å². The Labute approximate surface area is 95.7 Å². The van der Waals surface area contributed by atoms with Crippen LogP contribution >= 0.6 is 23.4 Å². The highest BCUT2D eigenvalue weighted by atomic mass is 35.5. The summed E-state index contributed by atoms with van der Waals surface area (Å²) in [5.74, 6) is 2.75. The molecule has 4 nitrogen and oxygen atoms in total. The fourth-order valence-electron chi connectivity index (χ4n) is 1.58. The van der Waals surface area contributed by atoms with E-state index in [1.165, 1.54) is 11.3 Å². The first kappa shape index (κ1) is 9.18. The Hall–Kier alpha value is -1.07. The summed E-state index contributed by atoms with van der Waals surface area (Å²) in [4.78, 5) is 7.99. The fourth-order valence-corrected chi connectivity index (χ4v) is 2.79. The molecule has 1 aliphatic rings. The smallest absolute Gasteiger partial charge is 0.224 e. The van der Waals surface area contributed by atoms with Crippen molar-refractivity contribution in [2.75, 3.05) is 0 Å². The summed E-state index contributed by atoms with van der Waals surface area (Å²) in [6, 6.07) is 1.81. The number of rotatable bonds is 1. The van der Waals surface area contributed by atoms with Crippen molar-refractivity contribution in [2.24, 2.45) is 0 Å². The Bertz CT molecular complexity index is 511. The number of aromatic nitrogens is 4. The van der Waals surface area contributed by atoms with Crippen LogP contribution in [0.3, 0.4) is 0 Å². The lowest BCUT2D eigenvalue weighted by atomic mass is 10.3. The van der Waals surface area contributed by atoms with Gasteiger partial charge in [0.1, 0.15) is 0 Å². The molecule has 0 atom stereocenters. The molecule has 6 heteroatoms. The first-order valence-electron chi connectivity index (χ1n) is 4.47. The van der Waals surface area contributed by atoms with E-state index >= 15 is 0 Å². The molecular formula is C9H7ClN4S. The highest BCUT2D eigenvalue weighted by molar-refractivity contribution is 7.98. The normalized spacial score (nSPS) is 14.2. The molecule has 1 aliphatic heterocycles. The third-order valence-electron chi connectivity index (χ3n) is 2.28. The quantitative estimate of drug-likeness (QED) is 0.714. The zero-order chi connectivity index (χ0) is 10.3. The van der Waals surface area contributed by atoms with Crippen LogP contribution in [0, 0.1) is 0 Å². The van der Waals surface area contributed by atoms with Gasteiger partial charge in [-0.2, -0.15) is 21.8 Å². The number of halogens is 1. The zero-order valence-corrected chi connectivity index (χ0v) is 9.29. The molecule has 15 heavy (non-hydrogen) atoms. The average Bonchev–Trinajstić information content (AvgIpc) is 2.77. The van der Waals surface area contributed by atoms with E-state index in [1.807, 2.05) is 28.7 Å². The lowest BCUT2D eigenvalue weighted by molar-refractivity contribution is 0.808. The Kier molecular flexibility index (Phi) is 2.14. The second kappa shape index (κ2) is 3.50. The zero-order valence-electron chi connectivity index (χ0n) is 7.72. The minimum absolute atomic E-state index is 0.252. The van der Waals surface area contributed by atoms with Gasteiger partial charge in [0, 0.05) is 29.3 Å². The topological polar surface area (TPSA) is 43.6 Å². The lowest BCUT2D eigenvalue weighted by Gasteiger charge is -2.03. The molecule has 0 radical (unpaired) electrons. The number of hydrogen-bond acceptors (Lipinski definition) is 4. The Balaban J connectivity index is 2.13. The van der Waals surface area contributed by atoms with Crippen molar-refractivity contribution in [1.29, 1.82) is 0 Å². The van der Waals surface area contributed by atoms with E-state index in [4.69, 9.17) is 11.6 Å². The maximum absolute atomic E-state index is 5.74. The SMILES string of the molecule is Clc1nccc(-n2ncc3c2CSC3)n1. The molecule has 0 spiro atoms. The molecule has 3 rings (SSSR count). The minimum atomic E-state index is 0.252. The van der Waals surface area contributed by atoms with Crippen LogP contribution in [0.5, 0.6) is 0 Å². The van der Waals surface area contributed by atoms with Crippen molar-refractivity contribution in [2.45, 2.75) is 11.5 Å². The highest BCUT2D eigenvalue weighted by Crippen LogP contribution is 2.30. The Morgan fingerprint density at radius 2 is 2.33 bits per heavy atom. The van der Waals surface area contributed by atoms with E-state index in [0.717, 1.165) is 17.3 Å². The van der Waals surface area contributed by atoms with Crippen molar-refractivity contribution in [3.8, 4) is 5.82 Å². The van der Waals surface area contributed by atoms with Crippen molar-refractivity contribution in [3.05, 3.63) is 35.0 Å². The van der Waals surface area contributed by atoms with Gasteiger partial charge in [-0.3, -0.25) is 0 Å². The first-order chi connectivity index (χ1) is 7.34. The van der Waals surface area contributed by atoms with Crippen LogP contribution < -0.4 is 0 Å². The van der Waals surface area contributed by atoms with Crippen molar-refractivity contribution >= 4 is 23.4 Å². The molecule has 3 heterocycles. The van der Waals surface area contributed by atoms with Crippen LogP contribution in [-0.2, 0) is 11.5 Å². The summed E-state index contributed by atoms with van der Waals surface area (Å²) < 4.78 is 1.84. The molecule has 0 N–H and O–H groups in total. The summed E-state index contributed by atoms with van der Waals surface area (Å²) in [7, 11) is 0. The molecule has 0 bridgehead atoms. The van der Waals surface area contributed by atoms with Gasteiger partial charge in [0.2, 0.25) is 5.28 Å². The van der Waals surface area contributed by atoms with Gasteiger partial charge < -0.3 is 0 Å². The summed E-state index contributed by atoms with van der Waals surface area (Å²) in [5, 5.41) is 4.56. The van der Waals surface area contributed by atoms with Gasteiger partial charge in [0.05, 0.1) is 11.9 Å². The molecule has 76 valence electrons. The predicted octanol–water partition coefficient (Wildman–Crippen LogP) is 2.06. The van der Waals surface area contributed by atoms with Crippen LogP contribution in [0.4, 0.5) is 0 Å². The molecular weight excluding hydrogens is 232 g/mol. The summed E-state index contributed by atoms with van der Waals surface area (Å²) in [6.07, 6.45) is 3.53. The maximum Gasteiger partial charge on any atom is 0.224 e. The van der Waals surface area contributed by atoms with Gasteiger partial charge in [0.25, 0.3) is 0 Å². The number of fused-ring (bicyclic) bond motifs is 1. The van der Waals surface area contributed by atoms with E-state index in [-0.39, 0.29) is 5.28 Å². The molecule has 0 aromatic carbocycles. The number of nitrogens with zero attached hydrogens (tertiary/aromatic N) is 4. The van der Waals surface area contributed by atoms with Crippen LogP contribution in [-0.4, -0.2) is 19.7 Å². The molecule has 0 fully saturated rings. The molecule has 0 saturated carbocycles. The van der Waals surface area contributed by atoms with E-state index in [0.29, 0.717) is 0 Å². The van der Waals surface area contributed by atoms with Gasteiger partial charge >= 0.3 is 0 Å². The molecule has 2 aromatic heterocycles. The summed E-state index contributed by atoms with van der Waals surface area (Å²) in [6.45, 7) is 0. The molecule has 0 amide bonds. The van der Waals surface area contributed by atoms with E-state index in [1.54, 1.807) is 6.20 Å². The minimum Gasteiger partial charge on any atom is -0.226 e. The number of thioether (sulfide) groups is 1. The monoisotopic (exact) mass is 238 g/mol. The number of hydrogen-bond donors (Lipinski definition) is 0. The second-order valence-corrected chi connectivity index (χ2v) is 4.53. The third-order valence-corrected chi connectivity index (χ3v) is 3.46. The molecule has 0 saturated heterocycles. The van der Waals surface area contributed by atoms with Gasteiger partial charge in [-0.1, -0.05) is 0 Å². The largest absolute Gasteiger partial charge is 0.226 e. The molecule has 0 unspecified atom stereocenters. The van der Waals surface area contributed by atoms with Crippen LogP contribution in [0.1, 0.15) is 11.3 Å². The van der Waals surface area contributed by atoms with Crippen molar-refractivity contribution in [3.63, 3.8) is 0 Å². The van der Waals surface area contributed by atoms with Gasteiger partial charge in [0.15, 0.2) is 5.82 Å². The second-order valence-electron chi connectivity index (χ2n) is 3.20. The van der Waals surface area contributed by atoms with Crippen molar-refractivity contribution < 1.29 is 0 Å². The third kappa shape index (κ3) is 1.52. The first-order valence-corrected chi connectivity index (χ1v) is 6.00. The van der Waals surface area contributed by atoms with E-state index < -0.39 is 0 Å². The van der Waals surface area contributed by atoms with Gasteiger partial charge in [-0.05, 0) is 11.6 Å². The van der Waals surface area contributed by atoms with Crippen LogP contribution in [0.25, 0.3) is 5.82 Å². The van der Waals surface area contributed by atoms with Crippen LogP contribution in [0.15, 0.2) is 18.5 Å². The average molecular weight is 239 g/mol. The van der Waals surface area contributed by atoms with Crippen molar-refractivity contribution in [1.82, 2.24) is 19.7 Å². The molecule has 2 aromatic rings. The van der Waals surface area contributed by atoms with Gasteiger partial charge in [-0.25, -0.2) is 9.67 Å². The Morgan fingerprint density at radius 3 is 3.20 bits per heavy atom. The van der Waals surface area contributed by atoms with E-state index in [2.05, 4.69) is 15.1 Å². The predicted molar refractivity (Wildman–Crippen MR) is 59.2 cm³/mol. The standard InChI is InChI=1S/C9H7ClN4S/c10-9-11-2-1-8(13-9)14-7-5-15-4-6(7)3-12-14/h1-3H,4-5H2. The van der Waals surface area contributed by atoms with Gasteiger partial charge in [-0.15, -0.1) is 0 Å². The summed E-state index contributed by atoms with van der Waals surface area (Å²) >= 11 is 7.63. The Morgan fingerprint density at radius 1 is 1.40 bits per heavy atom. The maximum atomic E-state index is 5.74. The lowest BCUT2D eigenvalue weighted by Crippen LogP contribution is -2.03. The molecule has 0 aliphatic carbocycles. The fraction of sp³-hybridized carbons (Fsp3) is 0.222.